The number of hydrogen-bond donors (Lipinski definition) is 1. The number of ether oxygens (including phenoxy) is 1. The highest BCUT2D eigenvalue weighted by molar-refractivity contribution is 5.97. The van der Waals surface area contributed by atoms with E-state index < -0.39 is 0 Å². The van der Waals surface area contributed by atoms with E-state index in [0.717, 1.165) is 18.6 Å². The average Bonchev–Trinajstić information content (AvgIpc) is 3.21. The van der Waals surface area contributed by atoms with Crippen molar-refractivity contribution >= 4 is 5.91 Å². The van der Waals surface area contributed by atoms with Crippen LogP contribution in [0.5, 0.6) is 5.75 Å². The summed E-state index contributed by atoms with van der Waals surface area (Å²) < 4.78 is 6.65. The Labute approximate surface area is 152 Å². The minimum absolute atomic E-state index is 0.0338. The van der Waals surface area contributed by atoms with Crippen LogP contribution in [0.3, 0.4) is 0 Å². The van der Waals surface area contributed by atoms with Crippen molar-refractivity contribution < 1.29 is 9.53 Å². The van der Waals surface area contributed by atoms with Crippen LogP contribution in [0.4, 0.5) is 0 Å². The second kappa shape index (κ2) is 8.24. The number of tetrazole rings is 1. The van der Waals surface area contributed by atoms with Crippen LogP contribution in [0.2, 0.25) is 0 Å². The zero-order valence-corrected chi connectivity index (χ0v) is 14.8. The van der Waals surface area contributed by atoms with Gasteiger partial charge in [0.15, 0.2) is 0 Å². The highest BCUT2D eigenvalue weighted by atomic mass is 16.5. The fraction of sp³-hybridized carbons (Fsp3) is 0.263. The predicted molar refractivity (Wildman–Crippen MR) is 97.4 cm³/mol. The minimum atomic E-state index is -0.140. The number of aromatic nitrogens is 4. The van der Waals surface area contributed by atoms with E-state index in [-0.39, 0.29) is 11.9 Å². The monoisotopic (exact) mass is 351 g/mol. The molecule has 3 aromatic rings. The summed E-state index contributed by atoms with van der Waals surface area (Å²) in [5, 5.41) is 14.2. The first kappa shape index (κ1) is 17.6. The molecular weight excluding hydrogens is 330 g/mol. The number of methoxy groups -OCH3 is 1. The summed E-state index contributed by atoms with van der Waals surface area (Å²) in [5.41, 5.74) is 2.40. The molecule has 0 aliphatic rings. The van der Waals surface area contributed by atoms with E-state index in [1.807, 2.05) is 49.4 Å². The Bertz CT molecular complexity index is 847. The van der Waals surface area contributed by atoms with Crippen LogP contribution in [0.15, 0.2) is 54.9 Å². The van der Waals surface area contributed by atoms with Gasteiger partial charge in [0.05, 0.1) is 18.4 Å². The number of aryl methyl sites for hydroxylation is 1. The molecule has 7 nitrogen and oxygen atoms in total. The fourth-order valence-electron chi connectivity index (χ4n) is 2.69. The van der Waals surface area contributed by atoms with Crippen molar-refractivity contribution in [2.75, 3.05) is 7.11 Å². The van der Waals surface area contributed by atoms with Crippen LogP contribution in [0.25, 0.3) is 5.69 Å². The molecule has 0 aliphatic heterocycles. The second-order valence-corrected chi connectivity index (χ2v) is 6.03. The highest BCUT2D eigenvalue weighted by Crippen LogP contribution is 2.15. The fourth-order valence-corrected chi connectivity index (χ4v) is 2.69. The van der Waals surface area contributed by atoms with Crippen LogP contribution < -0.4 is 10.1 Å². The predicted octanol–water partition coefficient (Wildman–Crippen LogP) is 2.42. The maximum absolute atomic E-state index is 12.7. The molecule has 1 heterocycles. The van der Waals surface area contributed by atoms with E-state index in [2.05, 4.69) is 20.8 Å². The molecule has 1 atom stereocenters. The molecule has 2 aromatic carbocycles. The van der Waals surface area contributed by atoms with Crippen LogP contribution >= 0.6 is 0 Å². The third-order valence-corrected chi connectivity index (χ3v) is 4.15. The molecule has 7 heteroatoms. The van der Waals surface area contributed by atoms with Crippen molar-refractivity contribution in [2.24, 2.45) is 0 Å². The highest BCUT2D eigenvalue weighted by Gasteiger charge is 2.15. The zero-order chi connectivity index (χ0) is 18.4. The Morgan fingerprint density at radius 1 is 1.19 bits per heavy atom. The van der Waals surface area contributed by atoms with Gasteiger partial charge in [-0.25, -0.2) is 0 Å². The van der Waals surface area contributed by atoms with Crippen LogP contribution in [-0.2, 0) is 6.42 Å². The molecule has 0 fully saturated rings. The van der Waals surface area contributed by atoms with Gasteiger partial charge in [0.1, 0.15) is 12.1 Å². The first-order valence-corrected chi connectivity index (χ1v) is 8.43. The third kappa shape index (κ3) is 4.24. The number of nitrogens with one attached hydrogen (secondary N) is 1. The van der Waals surface area contributed by atoms with Crippen LogP contribution in [-0.4, -0.2) is 39.3 Å². The molecule has 3 rings (SSSR count). The molecule has 1 unspecified atom stereocenters. The number of nitrogens with zero attached hydrogens (tertiary/aromatic N) is 4. The number of benzene rings is 2. The first-order chi connectivity index (χ1) is 12.7. The third-order valence-electron chi connectivity index (χ3n) is 4.15. The number of para-hydroxylation sites is 1. The van der Waals surface area contributed by atoms with Crippen molar-refractivity contribution in [1.82, 2.24) is 25.5 Å². The summed E-state index contributed by atoms with van der Waals surface area (Å²) in [6.07, 6.45) is 3.18. The second-order valence-electron chi connectivity index (χ2n) is 6.03. The van der Waals surface area contributed by atoms with E-state index in [4.69, 9.17) is 4.74 Å². The maximum Gasteiger partial charge on any atom is 0.253 e. The molecule has 0 saturated heterocycles. The molecule has 1 aromatic heterocycles. The van der Waals surface area contributed by atoms with Crippen LogP contribution in [0.1, 0.15) is 29.3 Å². The molecule has 0 aliphatic carbocycles. The lowest BCUT2D eigenvalue weighted by Gasteiger charge is -2.15. The van der Waals surface area contributed by atoms with Gasteiger partial charge in [-0.15, -0.1) is 5.10 Å². The maximum atomic E-state index is 12.7. The van der Waals surface area contributed by atoms with Gasteiger partial charge in [-0.2, -0.15) is 4.68 Å². The Kier molecular flexibility index (Phi) is 5.58. The first-order valence-electron chi connectivity index (χ1n) is 8.43. The molecule has 1 amide bonds. The smallest absolute Gasteiger partial charge is 0.253 e. The van der Waals surface area contributed by atoms with Gasteiger partial charge < -0.3 is 10.1 Å². The molecule has 0 spiro atoms. The molecule has 134 valence electrons. The Balaban J connectivity index is 1.61. The Morgan fingerprint density at radius 2 is 1.96 bits per heavy atom. The molecule has 1 N–H and O–H groups in total. The van der Waals surface area contributed by atoms with E-state index in [1.165, 1.54) is 16.6 Å². The van der Waals surface area contributed by atoms with Crippen molar-refractivity contribution in [3.8, 4) is 11.4 Å². The topological polar surface area (TPSA) is 81.9 Å². The normalized spacial score (nSPS) is 11.8. The summed E-state index contributed by atoms with van der Waals surface area (Å²) in [7, 11) is 1.65. The number of rotatable bonds is 7. The van der Waals surface area contributed by atoms with Crippen molar-refractivity contribution in [2.45, 2.75) is 25.8 Å². The molecular formula is C19H21N5O2. The summed E-state index contributed by atoms with van der Waals surface area (Å²) in [4.78, 5) is 12.7. The van der Waals surface area contributed by atoms with Crippen molar-refractivity contribution in [1.29, 1.82) is 0 Å². The molecule has 26 heavy (non-hydrogen) atoms. The van der Waals surface area contributed by atoms with Crippen molar-refractivity contribution in [3.05, 3.63) is 66.0 Å². The van der Waals surface area contributed by atoms with Gasteiger partial charge in [0, 0.05) is 6.04 Å². The molecule has 0 bridgehead atoms. The lowest BCUT2D eigenvalue weighted by atomic mass is 10.1. The summed E-state index contributed by atoms with van der Waals surface area (Å²) in [6, 6.07) is 15.3. The number of carbonyl (C=O) groups is 1. The summed E-state index contributed by atoms with van der Waals surface area (Å²) in [6.45, 7) is 2.00. The van der Waals surface area contributed by atoms with Crippen molar-refractivity contribution in [3.63, 3.8) is 0 Å². The standard InChI is InChI=1S/C19H21N5O2/c1-14(7-8-15-9-11-16(26-2)12-10-15)21-19(25)17-5-3-4-6-18(17)24-13-20-22-23-24/h3-6,9-14H,7-8H2,1-2H3,(H,21,25). The SMILES string of the molecule is COc1ccc(CCC(C)NC(=O)c2ccccc2-n2cnnn2)cc1. The van der Waals surface area contributed by atoms with Gasteiger partial charge in [0.2, 0.25) is 0 Å². The lowest BCUT2D eigenvalue weighted by Crippen LogP contribution is -2.33. The molecule has 0 saturated carbocycles. The van der Waals surface area contributed by atoms with Gasteiger partial charge in [0.25, 0.3) is 5.91 Å². The van der Waals surface area contributed by atoms with E-state index in [1.54, 1.807) is 13.2 Å². The number of hydrogen-bond acceptors (Lipinski definition) is 5. The molecule has 0 radical (unpaired) electrons. The Morgan fingerprint density at radius 3 is 2.65 bits per heavy atom. The summed E-state index contributed by atoms with van der Waals surface area (Å²) in [5.74, 6) is 0.702. The average molecular weight is 351 g/mol. The Hall–Kier alpha value is -3.22. The summed E-state index contributed by atoms with van der Waals surface area (Å²) >= 11 is 0. The number of amides is 1. The largest absolute Gasteiger partial charge is 0.497 e. The zero-order valence-electron chi connectivity index (χ0n) is 14.8. The van der Waals surface area contributed by atoms with E-state index >= 15 is 0 Å². The van der Waals surface area contributed by atoms with Crippen LogP contribution in [0, 0.1) is 0 Å². The van der Waals surface area contributed by atoms with Gasteiger partial charge in [-0.1, -0.05) is 24.3 Å². The van der Waals surface area contributed by atoms with Gasteiger partial charge in [-0.05, 0) is 60.0 Å². The van der Waals surface area contributed by atoms with E-state index in [9.17, 15) is 4.79 Å². The van der Waals surface area contributed by atoms with E-state index in [0.29, 0.717) is 11.3 Å². The number of carbonyl (C=O) groups excluding carboxylic acids is 1. The lowest BCUT2D eigenvalue weighted by molar-refractivity contribution is 0.0938. The van der Waals surface area contributed by atoms with Gasteiger partial charge >= 0.3 is 0 Å². The quantitative estimate of drug-likeness (QED) is 0.707. The minimum Gasteiger partial charge on any atom is -0.497 e. The van der Waals surface area contributed by atoms with Gasteiger partial charge in [-0.3, -0.25) is 4.79 Å².